The van der Waals surface area contributed by atoms with Gasteiger partial charge in [0.2, 0.25) is 5.76 Å². The van der Waals surface area contributed by atoms with Crippen LogP contribution in [0.1, 0.15) is 10.7 Å². The van der Waals surface area contributed by atoms with Gasteiger partial charge in [-0.2, -0.15) is 0 Å². The molecule has 3 aromatic heterocycles. The summed E-state index contributed by atoms with van der Waals surface area (Å²) in [5, 5.41) is 5.45. The van der Waals surface area contributed by atoms with Gasteiger partial charge in [-0.05, 0) is 24.3 Å². The molecule has 1 fully saturated rings. The van der Waals surface area contributed by atoms with Gasteiger partial charge in [-0.1, -0.05) is 17.3 Å². The molecule has 27 heavy (non-hydrogen) atoms. The number of quaternary nitrogens is 2. The molecule has 2 N–H and O–H groups in total. The third kappa shape index (κ3) is 3.66. The van der Waals surface area contributed by atoms with E-state index in [1.807, 2.05) is 29.5 Å². The Morgan fingerprint density at radius 2 is 1.74 bits per heavy atom. The molecule has 0 atom stereocenters. The van der Waals surface area contributed by atoms with Gasteiger partial charge in [0, 0.05) is 6.07 Å². The summed E-state index contributed by atoms with van der Waals surface area (Å²) in [5.41, 5.74) is 2.12. The Kier molecular flexibility index (Phi) is 4.49. The van der Waals surface area contributed by atoms with Crippen LogP contribution in [0.2, 0.25) is 0 Å². The summed E-state index contributed by atoms with van der Waals surface area (Å²) in [6.07, 6.45) is 1.65. The summed E-state index contributed by atoms with van der Waals surface area (Å²) in [6.45, 7) is 6.53. The lowest BCUT2D eigenvalue weighted by Gasteiger charge is -2.28. The molecule has 138 valence electrons. The number of rotatable bonds is 5. The standard InChI is InChI=1S/C20H20N4O2S/c1-2-6-19-16(4-1)21-20(27-19)14-24-9-7-23(8-10-24)13-15-12-18(26-22-15)17-5-3-11-25-17/h1-6,11-12H,7-10,13-14H2/p+2. The summed E-state index contributed by atoms with van der Waals surface area (Å²) in [4.78, 5) is 7.96. The van der Waals surface area contributed by atoms with Crippen molar-refractivity contribution < 1.29 is 18.7 Å². The molecular formula is C20H22N4O2S+2. The third-order valence-corrected chi connectivity index (χ3v) is 6.19. The molecule has 0 saturated carbocycles. The number of furan rings is 1. The normalized spacial score (nSPS) is 20.3. The van der Waals surface area contributed by atoms with Crippen molar-refractivity contribution in [2.75, 3.05) is 26.2 Å². The minimum absolute atomic E-state index is 0.703. The van der Waals surface area contributed by atoms with E-state index in [1.54, 1.807) is 16.1 Å². The van der Waals surface area contributed by atoms with E-state index in [-0.39, 0.29) is 0 Å². The highest BCUT2D eigenvalue weighted by atomic mass is 32.1. The zero-order valence-electron chi connectivity index (χ0n) is 15.0. The molecule has 0 spiro atoms. The fourth-order valence-corrected chi connectivity index (χ4v) is 4.75. The SMILES string of the molecule is c1coc(-c2cc(C[NH+]3CC[NH+](Cc4nc5ccccc5s4)CC3)no2)c1. The molecule has 1 aliphatic heterocycles. The molecule has 7 heteroatoms. The second-order valence-corrected chi connectivity index (χ2v) is 8.20. The van der Waals surface area contributed by atoms with Gasteiger partial charge in [0.05, 0.1) is 16.5 Å². The maximum Gasteiger partial charge on any atom is 0.202 e. The lowest BCUT2D eigenvalue weighted by molar-refractivity contribution is -1.02. The van der Waals surface area contributed by atoms with E-state index in [4.69, 9.17) is 13.9 Å². The van der Waals surface area contributed by atoms with Crippen molar-refractivity contribution in [3.05, 3.63) is 59.4 Å². The number of nitrogens with zero attached hydrogens (tertiary/aromatic N) is 2. The number of thiazole rings is 1. The molecule has 5 rings (SSSR count). The zero-order valence-corrected chi connectivity index (χ0v) is 15.8. The highest BCUT2D eigenvalue weighted by molar-refractivity contribution is 7.18. The molecule has 4 heterocycles. The Morgan fingerprint density at radius 3 is 2.52 bits per heavy atom. The minimum Gasteiger partial charge on any atom is -0.461 e. The van der Waals surface area contributed by atoms with Gasteiger partial charge in [0.1, 0.15) is 50.0 Å². The number of piperazine rings is 1. The Bertz CT molecular complexity index is 983. The van der Waals surface area contributed by atoms with Crippen LogP contribution in [-0.2, 0) is 13.1 Å². The van der Waals surface area contributed by atoms with Gasteiger partial charge in [-0.3, -0.25) is 0 Å². The van der Waals surface area contributed by atoms with Crippen molar-refractivity contribution in [1.29, 1.82) is 0 Å². The molecule has 0 bridgehead atoms. The van der Waals surface area contributed by atoms with Crippen molar-refractivity contribution in [3.8, 4) is 11.5 Å². The van der Waals surface area contributed by atoms with Crippen molar-refractivity contribution >= 4 is 21.6 Å². The summed E-state index contributed by atoms with van der Waals surface area (Å²) in [5.74, 6) is 1.43. The number of aromatic nitrogens is 2. The van der Waals surface area contributed by atoms with Crippen LogP contribution in [0.4, 0.5) is 0 Å². The van der Waals surface area contributed by atoms with Crippen LogP contribution in [0.15, 0.2) is 57.7 Å². The maximum atomic E-state index is 5.41. The highest BCUT2D eigenvalue weighted by Crippen LogP contribution is 2.21. The third-order valence-electron chi connectivity index (χ3n) is 5.16. The number of hydrogen-bond acceptors (Lipinski definition) is 5. The van der Waals surface area contributed by atoms with Crippen molar-refractivity contribution in [2.24, 2.45) is 0 Å². The van der Waals surface area contributed by atoms with Crippen molar-refractivity contribution in [3.63, 3.8) is 0 Å². The molecular weight excluding hydrogens is 360 g/mol. The number of fused-ring (bicyclic) bond motifs is 1. The molecule has 0 aliphatic carbocycles. The van der Waals surface area contributed by atoms with E-state index < -0.39 is 0 Å². The van der Waals surface area contributed by atoms with Crippen LogP contribution >= 0.6 is 11.3 Å². The van der Waals surface area contributed by atoms with Crippen molar-refractivity contribution in [2.45, 2.75) is 13.1 Å². The van der Waals surface area contributed by atoms with Gasteiger partial charge in [-0.25, -0.2) is 4.98 Å². The predicted octanol–water partition coefficient (Wildman–Crippen LogP) is 1.03. The molecule has 0 unspecified atom stereocenters. The predicted molar refractivity (Wildman–Crippen MR) is 103 cm³/mol. The lowest BCUT2D eigenvalue weighted by atomic mass is 10.2. The largest absolute Gasteiger partial charge is 0.461 e. The summed E-state index contributed by atoms with van der Waals surface area (Å²) < 4.78 is 12.1. The van der Waals surface area contributed by atoms with Gasteiger partial charge in [-0.15, -0.1) is 11.3 Å². The van der Waals surface area contributed by atoms with Crippen LogP contribution in [-0.4, -0.2) is 36.3 Å². The lowest BCUT2D eigenvalue weighted by Crippen LogP contribution is -3.27. The second kappa shape index (κ2) is 7.26. The van der Waals surface area contributed by atoms with Crippen molar-refractivity contribution in [1.82, 2.24) is 10.1 Å². The van der Waals surface area contributed by atoms with Crippen LogP contribution in [0.25, 0.3) is 21.7 Å². The van der Waals surface area contributed by atoms with E-state index in [1.165, 1.54) is 9.71 Å². The average molecular weight is 382 g/mol. The highest BCUT2D eigenvalue weighted by Gasteiger charge is 2.25. The molecule has 1 aromatic carbocycles. The Hall–Kier alpha value is -2.48. The first-order valence-corrected chi connectivity index (χ1v) is 10.2. The summed E-state index contributed by atoms with van der Waals surface area (Å²) >= 11 is 1.83. The van der Waals surface area contributed by atoms with Crippen LogP contribution in [0, 0.1) is 0 Å². The fraction of sp³-hybridized carbons (Fsp3) is 0.300. The molecule has 0 radical (unpaired) electrons. The van der Waals surface area contributed by atoms with Crippen LogP contribution < -0.4 is 9.80 Å². The van der Waals surface area contributed by atoms with Gasteiger partial charge in [0.25, 0.3) is 0 Å². The maximum absolute atomic E-state index is 5.41. The van der Waals surface area contributed by atoms with E-state index in [0.29, 0.717) is 5.76 Å². The van der Waals surface area contributed by atoms with Gasteiger partial charge < -0.3 is 18.7 Å². The minimum atomic E-state index is 0.703. The Morgan fingerprint density at radius 1 is 0.926 bits per heavy atom. The molecule has 0 amide bonds. The smallest absolute Gasteiger partial charge is 0.202 e. The molecule has 4 aromatic rings. The quantitative estimate of drug-likeness (QED) is 0.541. The van der Waals surface area contributed by atoms with Gasteiger partial charge in [0.15, 0.2) is 5.76 Å². The van der Waals surface area contributed by atoms with Crippen LogP contribution in [0.5, 0.6) is 0 Å². The first-order valence-electron chi connectivity index (χ1n) is 9.34. The summed E-state index contributed by atoms with van der Waals surface area (Å²) in [7, 11) is 0. The summed E-state index contributed by atoms with van der Waals surface area (Å²) in [6, 6.07) is 14.1. The van der Waals surface area contributed by atoms with E-state index in [2.05, 4.69) is 29.4 Å². The Labute approximate surface area is 161 Å². The number of para-hydroxylation sites is 1. The zero-order chi connectivity index (χ0) is 18.1. The van der Waals surface area contributed by atoms with E-state index in [9.17, 15) is 0 Å². The van der Waals surface area contributed by atoms with Crippen LogP contribution in [0.3, 0.4) is 0 Å². The molecule has 1 aliphatic rings. The molecule has 6 nitrogen and oxygen atoms in total. The number of hydrogen-bond donors (Lipinski definition) is 2. The number of benzene rings is 1. The fourth-order valence-electron chi connectivity index (χ4n) is 3.71. The topological polar surface area (TPSA) is 60.9 Å². The van der Waals surface area contributed by atoms with Gasteiger partial charge >= 0.3 is 0 Å². The Balaban J connectivity index is 1.16. The average Bonchev–Trinajstić information content (AvgIpc) is 3.43. The second-order valence-electron chi connectivity index (χ2n) is 7.09. The number of nitrogens with one attached hydrogen (secondary N) is 2. The van der Waals surface area contributed by atoms with E-state index >= 15 is 0 Å². The first kappa shape index (κ1) is 16.7. The van der Waals surface area contributed by atoms with E-state index in [0.717, 1.165) is 56.2 Å². The first-order chi connectivity index (χ1) is 13.3. The monoisotopic (exact) mass is 382 g/mol. The molecule has 1 saturated heterocycles.